The number of ether oxygens (including phenoxy) is 2. The number of nitriles is 1. The number of hydrogen-bond acceptors (Lipinski definition) is 8. The molecule has 0 radical (unpaired) electrons. The Balaban J connectivity index is 1.45. The molecule has 2 N–H and O–H groups in total. The number of benzene rings is 1. The second kappa shape index (κ2) is 9.31. The van der Waals surface area contributed by atoms with E-state index < -0.39 is 17.7 Å². The zero-order valence-corrected chi connectivity index (χ0v) is 19.9. The van der Waals surface area contributed by atoms with Crippen LogP contribution >= 0.6 is 0 Å². The summed E-state index contributed by atoms with van der Waals surface area (Å²) in [7, 11) is 1.88. The van der Waals surface area contributed by atoms with Gasteiger partial charge < -0.3 is 24.8 Å². The fourth-order valence-electron chi connectivity index (χ4n) is 4.31. The molecule has 4 heterocycles. The molecule has 10 nitrogen and oxygen atoms in total. The van der Waals surface area contributed by atoms with Crippen molar-refractivity contribution in [1.29, 1.82) is 5.26 Å². The van der Waals surface area contributed by atoms with Crippen molar-refractivity contribution in [3.05, 3.63) is 59.2 Å². The highest BCUT2D eigenvalue weighted by molar-refractivity contribution is 6.01. The van der Waals surface area contributed by atoms with Crippen molar-refractivity contribution >= 4 is 11.7 Å². The van der Waals surface area contributed by atoms with Crippen molar-refractivity contribution in [2.45, 2.75) is 31.8 Å². The number of halogens is 1. The van der Waals surface area contributed by atoms with Crippen LogP contribution in [0.25, 0.3) is 16.9 Å². The van der Waals surface area contributed by atoms with Crippen molar-refractivity contribution in [3.8, 4) is 23.0 Å². The van der Waals surface area contributed by atoms with Gasteiger partial charge in [0.15, 0.2) is 11.6 Å². The van der Waals surface area contributed by atoms with Gasteiger partial charge in [-0.1, -0.05) is 6.07 Å². The van der Waals surface area contributed by atoms with E-state index in [0.29, 0.717) is 35.7 Å². The van der Waals surface area contributed by atoms with Crippen molar-refractivity contribution in [2.75, 3.05) is 31.7 Å². The molecule has 36 heavy (non-hydrogen) atoms. The van der Waals surface area contributed by atoms with Gasteiger partial charge in [0.05, 0.1) is 59.6 Å². The maximum absolute atomic E-state index is 14.7. The van der Waals surface area contributed by atoms with E-state index in [0.717, 1.165) is 0 Å². The van der Waals surface area contributed by atoms with Crippen LogP contribution in [0.4, 0.5) is 10.2 Å². The molecule has 0 aliphatic carbocycles. The van der Waals surface area contributed by atoms with Crippen LogP contribution in [0.3, 0.4) is 0 Å². The second-order valence-corrected chi connectivity index (χ2v) is 9.00. The predicted molar refractivity (Wildman–Crippen MR) is 127 cm³/mol. The first-order valence-corrected chi connectivity index (χ1v) is 11.5. The quantitative estimate of drug-likeness (QED) is 0.536. The van der Waals surface area contributed by atoms with Crippen molar-refractivity contribution in [2.24, 2.45) is 0 Å². The highest BCUT2D eigenvalue weighted by atomic mass is 19.1. The normalized spacial score (nSPS) is 21.1. The number of hydrogen-bond donors (Lipinski definition) is 2. The second-order valence-electron chi connectivity index (χ2n) is 9.00. The molecular weight excluding hydrogens is 467 g/mol. The molecule has 1 saturated heterocycles. The summed E-state index contributed by atoms with van der Waals surface area (Å²) in [6.45, 7) is 3.05. The number of aliphatic hydroxyl groups excluding tert-OH is 1. The van der Waals surface area contributed by atoms with E-state index in [9.17, 15) is 19.6 Å². The Morgan fingerprint density at radius 3 is 2.86 bits per heavy atom. The molecule has 0 atom stereocenters. The van der Waals surface area contributed by atoms with Gasteiger partial charge >= 0.3 is 0 Å². The monoisotopic (exact) mass is 492 g/mol. The standard InChI is InChI=1S/C25H25FN6O4/c1-25(35-13-16(33)14-36-25)7-9-31(2)21-6-8-32(30-21)20-10-18(29-19-12-28-24(34)23(19)20)22-15(11-27)4-3-5-17(22)26/h3-6,8,10,16,33H,7,9,12-14H2,1-2H3,(H,28,34)/t16-,25-. The number of fused-ring (bicyclic) bond motifs is 1. The number of amides is 1. The summed E-state index contributed by atoms with van der Waals surface area (Å²) >= 11 is 0. The highest BCUT2D eigenvalue weighted by Gasteiger charge is 2.33. The van der Waals surface area contributed by atoms with Gasteiger partial charge in [0.25, 0.3) is 5.91 Å². The molecule has 1 fully saturated rings. The largest absolute Gasteiger partial charge is 0.388 e. The van der Waals surface area contributed by atoms with Gasteiger partial charge in [-0.05, 0) is 25.1 Å². The molecule has 186 valence electrons. The summed E-state index contributed by atoms with van der Waals surface area (Å²) in [6.07, 6.45) is 1.64. The summed E-state index contributed by atoms with van der Waals surface area (Å²) in [5.74, 6) is -1.02. The van der Waals surface area contributed by atoms with Gasteiger partial charge in [-0.2, -0.15) is 10.4 Å². The van der Waals surface area contributed by atoms with Crippen LogP contribution in [0.1, 0.15) is 35.0 Å². The number of carbonyl (C=O) groups is 1. The fourth-order valence-corrected chi connectivity index (χ4v) is 4.31. The number of nitrogens with zero attached hydrogens (tertiary/aromatic N) is 5. The fraction of sp³-hybridized carbons (Fsp3) is 0.360. The average Bonchev–Trinajstić information content (AvgIpc) is 3.51. The van der Waals surface area contributed by atoms with Crippen LogP contribution in [0, 0.1) is 17.1 Å². The third kappa shape index (κ3) is 4.42. The lowest BCUT2D eigenvalue weighted by molar-refractivity contribution is -0.284. The molecule has 2 aromatic heterocycles. The van der Waals surface area contributed by atoms with Crippen LogP contribution in [0.15, 0.2) is 36.5 Å². The summed E-state index contributed by atoms with van der Waals surface area (Å²) in [6, 6.07) is 9.66. The zero-order chi connectivity index (χ0) is 25.4. The topological polar surface area (TPSA) is 126 Å². The molecule has 2 aliphatic rings. The maximum atomic E-state index is 14.7. The Morgan fingerprint density at radius 2 is 2.11 bits per heavy atom. The van der Waals surface area contributed by atoms with Crippen LogP contribution in [-0.4, -0.2) is 64.5 Å². The molecule has 2 aliphatic heterocycles. The number of pyridine rings is 1. The first kappa shape index (κ1) is 23.9. The van der Waals surface area contributed by atoms with Crippen molar-refractivity contribution in [3.63, 3.8) is 0 Å². The van der Waals surface area contributed by atoms with Crippen LogP contribution in [-0.2, 0) is 16.0 Å². The van der Waals surface area contributed by atoms with Gasteiger partial charge in [-0.25, -0.2) is 14.1 Å². The molecule has 11 heteroatoms. The van der Waals surface area contributed by atoms with E-state index in [-0.39, 0.29) is 42.5 Å². The average molecular weight is 493 g/mol. The summed E-state index contributed by atoms with van der Waals surface area (Å²) in [5, 5.41) is 26.5. The van der Waals surface area contributed by atoms with Crippen molar-refractivity contribution < 1.29 is 23.8 Å². The molecule has 1 aromatic carbocycles. The minimum absolute atomic E-state index is 0.0822. The Morgan fingerprint density at radius 1 is 1.33 bits per heavy atom. The van der Waals surface area contributed by atoms with Crippen LogP contribution in [0.2, 0.25) is 0 Å². The number of nitrogens with one attached hydrogen (secondary N) is 1. The Kier molecular flexibility index (Phi) is 6.17. The number of aromatic nitrogens is 3. The summed E-state index contributed by atoms with van der Waals surface area (Å²) in [5.41, 5.74) is 1.75. The lowest BCUT2D eigenvalue weighted by atomic mass is 10.0. The molecule has 0 bridgehead atoms. The van der Waals surface area contributed by atoms with E-state index in [1.807, 2.05) is 24.9 Å². The third-order valence-electron chi connectivity index (χ3n) is 6.38. The molecule has 0 spiro atoms. The number of rotatable bonds is 6. The smallest absolute Gasteiger partial charge is 0.255 e. The first-order valence-electron chi connectivity index (χ1n) is 11.5. The van der Waals surface area contributed by atoms with E-state index in [4.69, 9.17) is 9.47 Å². The lowest BCUT2D eigenvalue weighted by Gasteiger charge is -2.37. The highest BCUT2D eigenvalue weighted by Crippen LogP contribution is 2.32. The molecule has 0 saturated carbocycles. The maximum Gasteiger partial charge on any atom is 0.255 e. The van der Waals surface area contributed by atoms with Gasteiger partial charge in [0.1, 0.15) is 11.9 Å². The lowest BCUT2D eigenvalue weighted by Crippen LogP contribution is -2.45. The number of anilines is 1. The molecule has 0 unspecified atom stereocenters. The zero-order valence-electron chi connectivity index (χ0n) is 19.9. The number of carbonyl (C=O) groups excluding carboxylic acids is 1. The molecule has 1 amide bonds. The third-order valence-corrected chi connectivity index (χ3v) is 6.38. The SMILES string of the molecule is CN(CC[C@]1(C)OC[C@@H](O)CO1)c1ccn(-c2cc(-c3c(F)cccc3C#N)nc3c2C(=O)NC3)n1. The molecular formula is C25H25FN6O4. The van der Waals surface area contributed by atoms with Crippen molar-refractivity contribution in [1.82, 2.24) is 20.1 Å². The minimum atomic E-state index is -0.798. The van der Waals surface area contributed by atoms with E-state index in [1.54, 1.807) is 23.0 Å². The Bertz CT molecular complexity index is 1360. The van der Waals surface area contributed by atoms with Gasteiger partial charge in [0.2, 0.25) is 0 Å². The van der Waals surface area contributed by atoms with Gasteiger partial charge in [0, 0.05) is 32.3 Å². The van der Waals surface area contributed by atoms with E-state index in [2.05, 4.69) is 15.4 Å². The Labute approximate surface area is 206 Å². The van der Waals surface area contributed by atoms with E-state index >= 15 is 0 Å². The molecule has 5 rings (SSSR count). The predicted octanol–water partition coefficient (Wildman–Crippen LogP) is 2.14. The summed E-state index contributed by atoms with van der Waals surface area (Å²) in [4.78, 5) is 19.0. The van der Waals surface area contributed by atoms with Gasteiger partial charge in [-0.3, -0.25) is 4.79 Å². The van der Waals surface area contributed by atoms with E-state index in [1.165, 1.54) is 18.2 Å². The van der Waals surface area contributed by atoms with Gasteiger partial charge in [-0.15, -0.1) is 0 Å². The summed E-state index contributed by atoms with van der Waals surface area (Å²) < 4.78 is 27.6. The number of aliphatic hydroxyl groups is 1. The Hall–Kier alpha value is -3.85. The minimum Gasteiger partial charge on any atom is -0.388 e. The van der Waals surface area contributed by atoms with Crippen LogP contribution < -0.4 is 10.2 Å². The van der Waals surface area contributed by atoms with Crippen LogP contribution in [0.5, 0.6) is 0 Å². The molecule has 3 aromatic rings. The first-order chi connectivity index (χ1) is 17.3.